The van der Waals surface area contributed by atoms with Crippen LogP contribution in [0.25, 0.3) is 0 Å². The van der Waals surface area contributed by atoms with E-state index in [1.807, 2.05) is 6.26 Å². The van der Waals surface area contributed by atoms with E-state index in [2.05, 4.69) is 5.32 Å². The summed E-state index contributed by atoms with van der Waals surface area (Å²) >= 11 is 1.75. The monoisotopic (exact) mass is 296 g/mol. The Bertz CT molecular complexity index is 538. The van der Waals surface area contributed by atoms with E-state index in [1.54, 1.807) is 11.8 Å². The lowest BCUT2D eigenvalue weighted by Crippen LogP contribution is -2.40. The van der Waals surface area contributed by atoms with Crippen LogP contribution in [0.2, 0.25) is 0 Å². The molecular weight excluding hydrogens is 280 g/mol. The molecule has 0 amide bonds. The lowest BCUT2D eigenvalue weighted by atomic mass is 9.84. The lowest BCUT2D eigenvalue weighted by Gasteiger charge is -2.40. The van der Waals surface area contributed by atoms with Crippen LogP contribution in [0.4, 0.5) is 11.4 Å². The summed E-state index contributed by atoms with van der Waals surface area (Å²) in [4.78, 5) is 21.5. The number of nitrogens with zero attached hydrogens (tertiary/aromatic N) is 1. The number of carbonyl (C=O) groups is 1. The first kappa shape index (κ1) is 14.6. The first-order chi connectivity index (χ1) is 9.47. The van der Waals surface area contributed by atoms with E-state index in [0.717, 1.165) is 12.8 Å². The van der Waals surface area contributed by atoms with E-state index in [4.69, 9.17) is 5.11 Å². The number of nitrogens with one attached hydrogen (secondary N) is 1. The van der Waals surface area contributed by atoms with E-state index in [-0.39, 0.29) is 21.7 Å². The molecule has 2 N–H and O–H groups in total. The van der Waals surface area contributed by atoms with E-state index in [9.17, 15) is 14.9 Å². The molecule has 0 aliphatic heterocycles. The van der Waals surface area contributed by atoms with Gasteiger partial charge in [0.1, 0.15) is 5.69 Å². The first-order valence-electron chi connectivity index (χ1n) is 6.28. The molecule has 1 aliphatic carbocycles. The van der Waals surface area contributed by atoms with Crippen LogP contribution in [0.1, 0.15) is 29.6 Å². The molecule has 0 atom stereocenters. The number of hydrogen-bond donors (Lipinski definition) is 2. The molecule has 1 aromatic rings. The zero-order valence-corrected chi connectivity index (χ0v) is 11.9. The van der Waals surface area contributed by atoms with Crippen molar-refractivity contribution in [1.29, 1.82) is 0 Å². The number of nitro benzene ring substituents is 1. The van der Waals surface area contributed by atoms with Crippen molar-refractivity contribution in [2.45, 2.75) is 24.0 Å². The summed E-state index contributed by atoms with van der Waals surface area (Å²) in [6.45, 7) is 0.609. The van der Waals surface area contributed by atoms with E-state index < -0.39 is 10.9 Å². The quantitative estimate of drug-likeness (QED) is 0.619. The summed E-state index contributed by atoms with van der Waals surface area (Å²) in [7, 11) is 0. The molecule has 0 radical (unpaired) electrons. The fourth-order valence-electron chi connectivity index (χ4n) is 2.25. The standard InChI is InChI=1S/C13H16N2O4S/c1-20-13(5-2-6-13)8-14-10-7-9(12(16)17)3-4-11(10)15(18)19/h3-4,7,14H,2,5-6,8H2,1H3,(H,16,17). The van der Waals surface area contributed by atoms with Crippen LogP contribution in [0.3, 0.4) is 0 Å². The third-order valence-corrected chi connectivity index (χ3v) is 5.16. The molecule has 1 aliphatic rings. The van der Waals surface area contributed by atoms with Crippen LogP contribution in [0.5, 0.6) is 0 Å². The molecule has 0 heterocycles. The van der Waals surface area contributed by atoms with Gasteiger partial charge in [0.15, 0.2) is 0 Å². The molecule has 1 aromatic carbocycles. The fourth-order valence-corrected chi connectivity index (χ4v) is 3.16. The van der Waals surface area contributed by atoms with Crippen molar-refractivity contribution >= 4 is 29.1 Å². The molecule has 1 saturated carbocycles. The van der Waals surface area contributed by atoms with Gasteiger partial charge in [-0.05, 0) is 31.2 Å². The minimum Gasteiger partial charge on any atom is -0.478 e. The number of carboxylic acids is 1. The van der Waals surface area contributed by atoms with Crippen molar-refractivity contribution in [2.24, 2.45) is 0 Å². The normalized spacial score (nSPS) is 16.2. The summed E-state index contributed by atoms with van der Waals surface area (Å²) in [5.41, 5.74) is 0.228. The molecule has 0 saturated heterocycles. The number of anilines is 1. The molecule has 0 aromatic heterocycles. The Morgan fingerprint density at radius 2 is 2.25 bits per heavy atom. The highest BCUT2D eigenvalue weighted by atomic mass is 32.2. The number of nitro groups is 1. The van der Waals surface area contributed by atoms with Gasteiger partial charge < -0.3 is 10.4 Å². The minimum atomic E-state index is -1.09. The van der Waals surface area contributed by atoms with Crippen molar-refractivity contribution in [3.63, 3.8) is 0 Å². The van der Waals surface area contributed by atoms with Gasteiger partial charge in [0.2, 0.25) is 0 Å². The van der Waals surface area contributed by atoms with Gasteiger partial charge in [0.05, 0.1) is 10.5 Å². The van der Waals surface area contributed by atoms with Crippen LogP contribution in [0.15, 0.2) is 18.2 Å². The second kappa shape index (κ2) is 5.70. The van der Waals surface area contributed by atoms with E-state index >= 15 is 0 Å². The maximum absolute atomic E-state index is 11.0. The molecule has 1 fully saturated rings. The van der Waals surface area contributed by atoms with Gasteiger partial charge >= 0.3 is 5.97 Å². The van der Waals surface area contributed by atoms with Crippen LogP contribution in [-0.4, -0.2) is 33.5 Å². The zero-order valence-electron chi connectivity index (χ0n) is 11.1. The summed E-state index contributed by atoms with van der Waals surface area (Å²) < 4.78 is 0.118. The highest BCUT2D eigenvalue weighted by Gasteiger charge is 2.36. The number of rotatable bonds is 6. The number of aromatic carboxylic acids is 1. The minimum absolute atomic E-state index is 0.0462. The molecule has 6 nitrogen and oxygen atoms in total. The smallest absolute Gasteiger partial charge is 0.335 e. The molecule has 0 spiro atoms. The second-order valence-corrected chi connectivity index (χ2v) is 6.16. The lowest BCUT2D eigenvalue weighted by molar-refractivity contribution is -0.384. The van der Waals surface area contributed by atoms with Gasteiger partial charge in [-0.1, -0.05) is 6.42 Å². The van der Waals surface area contributed by atoms with E-state index in [0.29, 0.717) is 6.54 Å². The number of carboxylic acid groups (broad SMARTS) is 1. The Balaban J connectivity index is 2.21. The molecule has 0 bridgehead atoms. The SMILES string of the molecule is CSC1(CNc2cc(C(=O)O)ccc2[N+](=O)[O-])CCC1. The third kappa shape index (κ3) is 2.87. The summed E-state index contributed by atoms with van der Waals surface area (Å²) in [6, 6.07) is 3.81. The third-order valence-electron chi connectivity index (χ3n) is 3.74. The molecular formula is C13H16N2O4S. The first-order valence-corrected chi connectivity index (χ1v) is 7.51. The maximum atomic E-state index is 11.0. The van der Waals surface area contributed by atoms with Gasteiger partial charge in [0.25, 0.3) is 5.69 Å². The average molecular weight is 296 g/mol. The van der Waals surface area contributed by atoms with Crippen LogP contribution >= 0.6 is 11.8 Å². The molecule has 108 valence electrons. The topological polar surface area (TPSA) is 92.5 Å². The fraction of sp³-hybridized carbons (Fsp3) is 0.462. The zero-order chi connectivity index (χ0) is 14.8. The van der Waals surface area contributed by atoms with Crippen LogP contribution in [-0.2, 0) is 0 Å². The molecule has 20 heavy (non-hydrogen) atoms. The summed E-state index contributed by atoms with van der Waals surface area (Å²) in [5, 5.41) is 23.0. The van der Waals surface area contributed by atoms with Gasteiger partial charge in [-0.25, -0.2) is 4.79 Å². The van der Waals surface area contributed by atoms with Crippen molar-refractivity contribution < 1.29 is 14.8 Å². The summed E-state index contributed by atoms with van der Waals surface area (Å²) in [6.07, 6.45) is 5.35. The Labute approximate surface area is 120 Å². The predicted octanol–water partition coefficient (Wildman–Crippen LogP) is 2.99. The van der Waals surface area contributed by atoms with Gasteiger partial charge in [-0.3, -0.25) is 10.1 Å². The predicted molar refractivity (Wildman–Crippen MR) is 78.6 cm³/mol. The number of thioether (sulfide) groups is 1. The van der Waals surface area contributed by atoms with E-state index in [1.165, 1.54) is 24.6 Å². The molecule has 7 heteroatoms. The van der Waals surface area contributed by atoms with Gasteiger partial charge in [0, 0.05) is 17.4 Å². The molecule has 2 rings (SSSR count). The number of hydrogen-bond acceptors (Lipinski definition) is 5. The van der Waals surface area contributed by atoms with Gasteiger partial charge in [-0.2, -0.15) is 11.8 Å². The molecule has 0 unspecified atom stereocenters. The van der Waals surface area contributed by atoms with Crippen molar-refractivity contribution in [3.8, 4) is 0 Å². The van der Waals surface area contributed by atoms with Gasteiger partial charge in [-0.15, -0.1) is 0 Å². The van der Waals surface area contributed by atoms with Crippen molar-refractivity contribution in [2.75, 3.05) is 18.1 Å². The second-order valence-electron chi connectivity index (χ2n) is 4.89. The maximum Gasteiger partial charge on any atom is 0.335 e. The van der Waals surface area contributed by atoms with Crippen LogP contribution < -0.4 is 5.32 Å². The largest absolute Gasteiger partial charge is 0.478 e. The Kier molecular flexibility index (Phi) is 4.17. The summed E-state index contributed by atoms with van der Waals surface area (Å²) in [5.74, 6) is -1.09. The van der Waals surface area contributed by atoms with Crippen molar-refractivity contribution in [1.82, 2.24) is 0 Å². The Hall–Kier alpha value is -1.76. The Morgan fingerprint density at radius 1 is 1.55 bits per heavy atom. The van der Waals surface area contributed by atoms with Crippen molar-refractivity contribution in [3.05, 3.63) is 33.9 Å². The number of benzene rings is 1. The highest BCUT2D eigenvalue weighted by Crippen LogP contribution is 2.43. The Morgan fingerprint density at radius 3 is 2.70 bits per heavy atom. The average Bonchev–Trinajstić information content (AvgIpc) is 2.37. The highest BCUT2D eigenvalue weighted by molar-refractivity contribution is 8.00. The van der Waals surface area contributed by atoms with Crippen LogP contribution in [0, 0.1) is 10.1 Å².